The highest BCUT2D eigenvalue weighted by molar-refractivity contribution is 5.82. The van der Waals surface area contributed by atoms with Gasteiger partial charge >= 0.3 is 12.0 Å². The number of amides is 2. The Kier molecular flexibility index (Phi) is 4.78. The van der Waals surface area contributed by atoms with Crippen molar-refractivity contribution in [3.63, 3.8) is 0 Å². The molecule has 1 saturated carbocycles. The van der Waals surface area contributed by atoms with Gasteiger partial charge in [-0.05, 0) is 31.1 Å². The maximum atomic E-state index is 11.5. The molecule has 0 aromatic carbocycles. The Balaban J connectivity index is 2.29. The highest BCUT2D eigenvalue weighted by atomic mass is 16.4. The zero-order valence-electron chi connectivity index (χ0n) is 10.6. The molecule has 0 radical (unpaired) electrons. The van der Waals surface area contributed by atoms with Crippen LogP contribution in [0.1, 0.15) is 46.0 Å². The lowest BCUT2D eigenvalue weighted by Crippen LogP contribution is -2.47. The van der Waals surface area contributed by atoms with E-state index in [1.54, 1.807) is 0 Å². The third-order valence-electron chi connectivity index (χ3n) is 3.51. The van der Waals surface area contributed by atoms with Gasteiger partial charge in [-0.15, -0.1) is 0 Å². The average molecular weight is 242 g/mol. The Morgan fingerprint density at radius 1 is 1.35 bits per heavy atom. The van der Waals surface area contributed by atoms with Crippen molar-refractivity contribution < 1.29 is 14.7 Å². The van der Waals surface area contributed by atoms with Crippen LogP contribution in [0.25, 0.3) is 0 Å². The lowest BCUT2D eigenvalue weighted by atomic mass is 10.0. The van der Waals surface area contributed by atoms with Gasteiger partial charge in [0.2, 0.25) is 0 Å². The summed E-state index contributed by atoms with van der Waals surface area (Å²) in [5, 5.41) is 14.2. The molecule has 1 atom stereocenters. The number of carboxylic acid groups (broad SMARTS) is 1. The molecule has 1 fully saturated rings. The van der Waals surface area contributed by atoms with Crippen LogP contribution < -0.4 is 10.6 Å². The monoisotopic (exact) mass is 242 g/mol. The maximum Gasteiger partial charge on any atom is 0.326 e. The van der Waals surface area contributed by atoms with E-state index in [0.717, 1.165) is 25.7 Å². The third kappa shape index (κ3) is 4.24. The van der Waals surface area contributed by atoms with Crippen molar-refractivity contribution >= 4 is 12.0 Å². The predicted molar refractivity (Wildman–Crippen MR) is 64.8 cm³/mol. The van der Waals surface area contributed by atoms with E-state index in [4.69, 9.17) is 5.11 Å². The molecule has 5 nitrogen and oxygen atoms in total. The normalized spacial score (nSPS) is 18.2. The summed E-state index contributed by atoms with van der Waals surface area (Å²) >= 11 is 0. The Morgan fingerprint density at radius 2 is 2.00 bits per heavy atom. The number of carbonyl (C=O) groups excluding carboxylic acids is 1. The van der Waals surface area contributed by atoms with Gasteiger partial charge in [0.05, 0.1) is 0 Å². The Morgan fingerprint density at radius 3 is 2.41 bits per heavy atom. The molecule has 0 aromatic heterocycles. The molecule has 0 aromatic rings. The maximum absolute atomic E-state index is 11.5. The van der Waals surface area contributed by atoms with Gasteiger partial charge < -0.3 is 15.7 Å². The van der Waals surface area contributed by atoms with Gasteiger partial charge in [-0.25, -0.2) is 9.59 Å². The fourth-order valence-electron chi connectivity index (χ4n) is 1.86. The SMILES string of the molecule is CCC[C@@H](NC(=O)NCC1(CC)CC1)C(=O)O. The van der Waals surface area contributed by atoms with Crippen LogP contribution in [0.15, 0.2) is 0 Å². The minimum absolute atomic E-state index is 0.279. The van der Waals surface area contributed by atoms with Crippen LogP contribution in [0.2, 0.25) is 0 Å². The number of aliphatic carboxylic acids is 1. The number of nitrogens with one attached hydrogen (secondary N) is 2. The van der Waals surface area contributed by atoms with Crippen LogP contribution in [-0.4, -0.2) is 29.7 Å². The van der Waals surface area contributed by atoms with E-state index >= 15 is 0 Å². The van der Waals surface area contributed by atoms with Gasteiger partial charge in [0.25, 0.3) is 0 Å². The van der Waals surface area contributed by atoms with Gasteiger partial charge in [0.1, 0.15) is 6.04 Å². The van der Waals surface area contributed by atoms with Crippen molar-refractivity contribution in [2.75, 3.05) is 6.54 Å². The molecule has 98 valence electrons. The molecular formula is C12H22N2O3. The lowest BCUT2D eigenvalue weighted by molar-refractivity contribution is -0.139. The van der Waals surface area contributed by atoms with Crippen molar-refractivity contribution in [3.8, 4) is 0 Å². The summed E-state index contributed by atoms with van der Waals surface area (Å²) in [6, 6.07) is -1.15. The van der Waals surface area contributed by atoms with Crippen molar-refractivity contribution in [1.82, 2.24) is 10.6 Å². The number of rotatable bonds is 7. The standard InChI is InChI=1S/C12H22N2O3/c1-3-5-9(10(15)16)14-11(17)13-8-12(4-2)6-7-12/h9H,3-8H2,1-2H3,(H,15,16)(H2,13,14,17)/t9-/m1/s1. The van der Waals surface area contributed by atoms with Gasteiger partial charge in [-0.3, -0.25) is 0 Å². The van der Waals surface area contributed by atoms with Gasteiger partial charge in [0.15, 0.2) is 0 Å². The summed E-state index contributed by atoms with van der Waals surface area (Å²) in [6.45, 7) is 4.66. The minimum Gasteiger partial charge on any atom is -0.480 e. The van der Waals surface area contributed by atoms with Crippen LogP contribution in [-0.2, 0) is 4.79 Å². The van der Waals surface area contributed by atoms with Gasteiger partial charge in [0, 0.05) is 6.54 Å². The number of hydrogen-bond acceptors (Lipinski definition) is 2. The van der Waals surface area contributed by atoms with E-state index in [-0.39, 0.29) is 11.4 Å². The van der Waals surface area contributed by atoms with Gasteiger partial charge in [-0.2, -0.15) is 0 Å². The molecule has 5 heteroatoms. The first-order valence-electron chi connectivity index (χ1n) is 6.30. The summed E-state index contributed by atoms with van der Waals surface area (Å²) in [5.41, 5.74) is 0.279. The molecule has 17 heavy (non-hydrogen) atoms. The number of carboxylic acids is 1. The second-order valence-electron chi connectivity index (χ2n) is 4.86. The number of urea groups is 1. The first kappa shape index (κ1) is 13.8. The Labute approximate surface area is 102 Å². The van der Waals surface area contributed by atoms with Crippen LogP contribution in [0.5, 0.6) is 0 Å². The smallest absolute Gasteiger partial charge is 0.326 e. The van der Waals surface area contributed by atoms with Crippen molar-refractivity contribution in [2.45, 2.75) is 52.0 Å². The summed E-state index contributed by atoms with van der Waals surface area (Å²) in [4.78, 5) is 22.4. The van der Waals surface area contributed by atoms with E-state index < -0.39 is 12.0 Å². The first-order chi connectivity index (χ1) is 8.03. The highest BCUT2D eigenvalue weighted by Crippen LogP contribution is 2.47. The quantitative estimate of drug-likeness (QED) is 0.636. The van der Waals surface area contributed by atoms with Crippen LogP contribution in [0.4, 0.5) is 4.79 Å². The Hall–Kier alpha value is -1.26. The summed E-state index contributed by atoms with van der Waals surface area (Å²) < 4.78 is 0. The molecular weight excluding hydrogens is 220 g/mol. The second-order valence-corrected chi connectivity index (χ2v) is 4.86. The van der Waals surface area contributed by atoms with Crippen molar-refractivity contribution in [1.29, 1.82) is 0 Å². The summed E-state index contributed by atoms with van der Waals surface area (Å²) in [7, 11) is 0. The van der Waals surface area contributed by atoms with Crippen molar-refractivity contribution in [2.24, 2.45) is 5.41 Å². The fraction of sp³-hybridized carbons (Fsp3) is 0.833. The molecule has 2 amide bonds. The van der Waals surface area contributed by atoms with Crippen LogP contribution in [0.3, 0.4) is 0 Å². The van der Waals surface area contributed by atoms with E-state index in [1.807, 2.05) is 6.92 Å². The molecule has 0 aliphatic heterocycles. The van der Waals surface area contributed by atoms with Crippen molar-refractivity contribution in [3.05, 3.63) is 0 Å². The van der Waals surface area contributed by atoms with E-state index in [9.17, 15) is 9.59 Å². The molecule has 1 aliphatic carbocycles. The minimum atomic E-state index is -0.973. The number of hydrogen-bond donors (Lipinski definition) is 3. The molecule has 0 heterocycles. The zero-order valence-corrected chi connectivity index (χ0v) is 10.6. The fourth-order valence-corrected chi connectivity index (χ4v) is 1.86. The summed E-state index contributed by atoms with van der Waals surface area (Å²) in [5.74, 6) is -0.973. The van der Waals surface area contributed by atoms with E-state index in [0.29, 0.717) is 13.0 Å². The topological polar surface area (TPSA) is 78.4 Å². The second kappa shape index (κ2) is 5.89. The van der Waals surface area contributed by atoms with E-state index in [2.05, 4.69) is 17.6 Å². The molecule has 0 spiro atoms. The zero-order chi connectivity index (χ0) is 12.9. The highest BCUT2D eigenvalue weighted by Gasteiger charge is 2.40. The Bertz CT molecular complexity index is 287. The van der Waals surface area contributed by atoms with Crippen LogP contribution in [0, 0.1) is 5.41 Å². The van der Waals surface area contributed by atoms with Crippen LogP contribution >= 0.6 is 0 Å². The molecule has 0 saturated heterocycles. The molecule has 1 rings (SSSR count). The molecule has 0 bridgehead atoms. The van der Waals surface area contributed by atoms with E-state index in [1.165, 1.54) is 0 Å². The first-order valence-corrected chi connectivity index (χ1v) is 6.30. The number of carbonyl (C=O) groups is 2. The third-order valence-corrected chi connectivity index (χ3v) is 3.51. The predicted octanol–water partition coefficient (Wildman–Crippen LogP) is 1.73. The molecule has 0 unspecified atom stereocenters. The lowest BCUT2D eigenvalue weighted by Gasteiger charge is -2.17. The average Bonchev–Trinajstić information content (AvgIpc) is 3.06. The largest absolute Gasteiger partial charge is 0.480 e. The van der Waals surface area contributed by atoms with Gasteiger partial charge in [-0.1, -0.05) is 20.3 Å². The molecule has 1 aliphatic rings. The summed E-state index contributed by atoms with van der Waals surface area (Å²) in [6.07, 6.45) is 4.56. The molecule has 3 N–H and O–H groups in total.